The number of aliphatic hydroxyl groups is 1. The topological polar surface area (TPSA) is 61.8 Å². The fourth-order valence-corrected chi connectivity index (χ4v) is 2.06. The summed E-state index contributed by atoms with van der Waals surface area (Å²) in [5, 5.41) is 9.89. The number of hydrazine groups is 1. The van der Waals surface area contributed by atoms with E-state index in [0.717, 1.165) is 19.1 Å². The number of hydrogen-bond donors (Lipinski definition) is 2. The summed E-state index contributed by atoms with van der Waals surface area (Å²) in [7, 11) is 0.925. The number of halogens is 3. The molecule has 22 heavy (non-hydrogen) atoms. The predicted molar refractivity (Wildman–Crippen MR) is 72.2 cm³/mol. The van der Waals surface area contributed by atoms with Crippen molar-refractivity contribution in [3.63, 3.8) is 0 Å². The molecular weight excluding hydrogens is 301 g/mol. The van der Waals surface area contributed by atoms with Gasteiger partial charge in [0.2, 0.25) is 0 Å². The van der Waals surface area contributed by atoms with Crippen molar-refractivity contribution in [3.8, 4) is 0 Å². The molecule has 0 aromatic heterocycles. The van der Waals surface area contributed by atoms with Crippen LogP contribution in [0.5, 0.6) is 0 Å². The van der Waals surface area contributed by atoms with Crippen LogP contribution in [-0.4, -0.2) is 35.2 Å². The van der Waals surface area contributed by atoms with Gasteiger partial charge in [0, 0.05) is 6.08 Å². The number of carbonyl (C=O) groups is 1. The molecule has 1 amide bonds. The number of hydrogen-bond acceptors (Lipinski definition) is 4. The molecule has 2 N–H and O–H groups in total. The molecule has 1 aliphatic heterocycles. The van der Waals surface area contributed by atoms with Gasteiger partial charge in [0.25, 0.3) is 5.72 Å². The first kappa shape index (κ1) is 16.2. The van der Waals surface area contributed by atoms with Gasteiger partial charge in [-0.05, 0) is 17.5 Å². The Morgan fingerprint density at radius 3 is 2.41 bits per heavy atom. The molecular formula is C14H15F3N2O3. The molecule has 0 aliphatic carbocycles. The van der Waals surface area contributed by atoms with Crippen LogP contribution in [0, 0.1) is 0 Å². The lowest BCUT2D eigenvalue weighted by Crippen LogP contribution is -2.60. The minimum absolute atomic E-state index is 0.00999. The fraction of sp³-hybridized carbons (Fsp3) is 0.357. The number of amides is 1. The number of rotatable bonds is 2. The van der Waals surface area contributed by atoms with Crippen molar-refractivity contribution in [2.24, 2.45) is 0 Å². The van der Waals surface area contributed by atoms with Crippen LogP contribution in [0.1, 0.15) is 18.1 Å². The Kier molecular flexibility index (Phi) is 4.06. The van der Waals surface area contributed by atoms with Crippen molar-refractivity contribution in [1.29, 1.82) is 0 Å². The van der Waals surface area contributed by atoms with Gasteiger partial charge in [0.15, 0.2) is 0 Å². The maximum Gasteiger partial charge on any atom is 0.442 e. The van der Waals surface area contributed by atoms with E-state index in [1.807, 2.05) is 6.92 Å². The fourth-order valence-electron chi connectivity index (χ4n) is 2.06. The monoisotopic (exact) mass is 316 g/mol. The molecule has 120 valence electrons. The van der Waals surface area contributed by atoms with Crippen LogP contribution in [-0.2, 0) is 11.2 Å². The Labute approximate surface area is 125 Å². The van der Waals surface area contributed by atoms with Gasteiger partial charge >= 0.3 is 12.3 Å². The van der Waals surface area contributed by atoms with Crippen molar-refractivity contribution in [2.45, 2.75) is 25.2 Å². The second-order valence-electron chi connectivity index (χ2n) is 4.75. The zero-order valence-electron chi connectivity index (χ0n) is 11.9. The molecule has 0 radical (unpaired) electrons. The van der Waals surface area contributed by atoms with Gasteiger partial charge in [-0.3, -0.25) is 5.43 Å². The van der Waals surface area contributed by atoms with Gasteiger partial charge < -0.3 is 9.84 Å². The average Bonchev–Trinajstić information content (AvgIpc) is 2.85. The molecule has 0 bridgehead atoms. The minimum Gasteiger partial charge on any atom is -0.451 e. The predicted octanol–water partition coefficient (Wildman–Crippen LogP) is 2.43. The highest BCUT2D eigenvalue weighted by molar-refractivity contribution is 5.76. The van der Waals surface area contributed by atoms with E-state index in [-0.39, 0.29) is 10.7 Å². The Morgan fingerprint density at radius 2 is 1.95 bits per heavy atom. The van der Waals surface area contributed by atoms with Crippen LogP contribution in [0.3, 0.4) is 0 Å². The molecule has 0 spiro atoms. The molecule has 1 aromatic carbocycles. The highest BCUT2D eigenvalue weighted by atomic mass is 19.4. The Balaban J connectivity index is 2.41. The van der Waals surface area contributed by atoms with E-state index >= 15 is 0 Å². The van der Waals surface area contributed by atoms with E-state index in [9.17, 15) is 23.1 Å². The molecule has 0 saturated carbocycles. The molecule has 1 aromatic rings. The highest BCUT2D eigenvalue weighted by Gasteiger charge is 2.62. The highest BCUT2D eigenvalue weighted by Crippen LogP contribution is 2.39. The number of benzene rings is 1. The van der Waals surface area contributed by atoms with Gasteiger partial charge in [-0.2, -0.15) is 18.2 Å². The van der Waals surface area contributed by atoms with Crippen LogP contribution < -0.4 is 5.43 Å². The second kappa shape index (κ2) is 5.53. The van der Waals surface area contributed by atoms with Gasteiger partial charge in [0.1, 0.15) is 0 Å². The molecule has 1 unspecified atom stereocenters. The lowest BCUT2D eigenvalue weighted by molar-refractivity contribution is -0.285. The molecule has 0 fully saturated rings. The lowest BCUT2D eigenvalue weighted by Gasteiger charge is -2.32. The third kappa shape index (κ3) is 2.61. The summed E-state index contributed by atoms with van der Waals surface area (Å²) in [6, 6.07) is 6.72. The summed E-state index contributed by atoms with van der Waals surface area (Å²) in [6.45, 7) is 1.95. The van der Waals surface area contributed by atoms with Gasteiger partial charge in [-0.1, -0.05) is 31.2 Å². The number of alkyl halides is 3. The number of methoxy groups -OCH3 is 1. The third-order valence-corrected chi connectivity index (χ3v) is 3.37. The molecule has 2 rings (SSSR count). The van der Waals surface area contributed by atoms with Crippen molar-refractivity contribution < 1.29 is 27.8 Å². The molecule has 1 aliphatic rings. The third-order valence-electron chi connectivity index (χ3n) is 3.37. The van der Waals surface area contributed by atoms with Crippen molar-refractivity contribution in [3.05, 3.63) is 41.5 Å². The van der Waals surface area contributed by atoms with E-state index in [1.165, 1.54) is 0 Å². The largest absolute Gasteiger partial charge is 0.451 e. The van der Waals surface area contributed by atoms with Gasteiger partial charge in [-0.25, -0.2) is 4.79 Å². The van der Waals surface area contributed by atoms with Crippen LogP contribution in [0.2, 0.25) is 0 Å². The minimum atomic E-state index is -5.08. The maximum absolute atomic E-state index is 13.1. The first-order valence-corrected chi connectivity index (χ1v) is 6.49. The quantitative estimate of drug-likeness (QED) is 0.880. The number of nitrogens with zero attached hydrogens (tertiary/aromatic N) is 1. The Hall–Kier alpha value is -2.22. The standard InChI is InChI=1S/C14H15F3N2O3/c1-3-9-4-6-10(7-5-9)11-8-13(21,14(15,16)17)19(18-11)12(20)22-2/h4-8,18,21H,3H2,1-2H3. The SMILES string of the molecule is CCc1ccc(C2=CC(O)(C(F)(F)F)N(C(=O)OC)N2)cc1. The summed E-state index contributed by atoms with van der Waals surface area (Å²) < 4.78 is 43.6. The number of nitrogens with one attached hydrogen (secondary N) is 1. The van der Waals surface area contributed by atoms with E-state index in [2.05, 4.69) is 10.2 Å². The summed E-state index contributed by atoms with van der Waals surface area (Å²) in [5.74, 6) is 0. The van der Waals surface area contributed by atoms with E-state index in [1.54, 1.807) is 24.3 Å². The molecule has 5 nitrogen and oxygen atoms in total. The van der Waals surface area contributed by atoms with Crippen LogP contribution >= 0.6 is 0 Å². The molecule has 8 heteroatoms. The Morgan fingerprint density at radius 1 is 1.36 bits per heavy atom. The summed E-state index contributed by atoms with van der Waals surface area (Å²) in [4.78, 5) is 11.5. The van der Waals surface area contributed by atoms with Crippen LogP contribution in [0.25, 0.3) is 5.70 Å². The molecule has 1 atom stereocenters. The van der Waals surface area contributed by atoms with Gasteiger partial charge in [-0.15, -0.1) is 0 Å². The molecule has 1 heterocycles. The zero-order chi connectivity index (χ0) is 16.5. The van der Waals surface area contributed by atoms with Gasteiger partial charge in [0.05, 0.1) is 12.8 Å². The van der Waals surface area contributed by atoms with Crippen LogP contribution in [0.15, 0.2) is 30.3 Å². The molecule has 0 saturated heterocycles. The lowest BCUT2D eigenvalue weighted by atomic mass is 10.1. The van der Waals surface area contributed by atoms with Crippen molar-refractivity contribution >= 4 is 11.8 Å². The number of ether oxygens (including phenoxy) is 1. The summed E-state index contributed by atoms with van der Waals surface area (Å²) >= 11 is 0. The van der Waals surface area contributed by atoms with Crippen molar-refractivity contribution in [1.82, 2.24) is 10.4 Å². The zero-order valence-corrected chi connectivity index (χ0v) is 11.9. The average molecular weight is 316 g/mol. The van der Waals surface area contributed by atoms with E-state index < -0.39 is 18.0 Å². The first-order chi connectivity index (χ1) is 10.2. The maximum atomic E-state index is 13.1. The van der Waals surface area contributed by atoms with Crippen molar-refractivity contribution in [2.75, 3.05) is 7.11 Å². The van der Waals surface area contributed by atoms with E-state index in [4.69, 9.17) is 0 Å². The summed E-state index contributed by atoms with van der Waals surface area (Å²) in [5.41, 5.74) is 0.156. The first-order valence-electron chi connectivity index (χ1n) is 6.49. The van der Waals surface area contributed by atoms with E-state index in [0.29, 0.717) is 11.6 Å². The summed E-state index contributed by atoms with van der Waals surface area (Å²) in [6.07, 6.45) is -5.10. The number of aryl methyl sites for hydroxylation is 1. The van der Waals surface area contributed by atoms with Crippen LogP contribution in [0.4, 0.5) is 18.0 Å². The number of carbonyl (C=O) groups excluding carboxylic acids is 1. The Bertz CT molecular complexity index is 598. The smallest absolute Gasteiger partial charge is 0.442 e. The second-order valence-corrected chi connectivity index (χ2v) is 4.75. The normalized spacial score (nSPS) is 21.4.